The highest BCUT2D eigenvalue weighted by Gasteiger charge is 2.37. The fraction of sp³-hybridized carbons (Fsp3) is 0.389. The van der Waals surface area contributed by atoms with Gasteiger partial charge in [-0.1, -0.05) is 6.92 Å². The minimum Gasteiger partial charge on any atom is -0.490 e. The SMILES string of the molecule is CCOc1cc(/C=C2/SC(=O)N([C@H](C)CC)C2=O)cc(Br)c1OCC(=O)O. The molecule has 1 heterocycles. The molecular weight excluding hydrogens is 438 g/mol. The van der Waals surface area contributed by atoms with Crippen molar-refractivity contribution >= 4 is 50.9 Å². The third kappa shape index (κ3) is 5.04. The molecule has 0 aromatic heterocycles. The summed E-state index contributed by atoms with van der Waals surface area (Å²) in [4.78, 5) is 37.0. The number of hydrogen-bond donors (Lipinski definition) is 1. The van der Waals surface area contributed by atoms with Crippen molar-refractivity contribution in [3.05, 3.63) is 27.1 Å². The number of hydrogen-bond acceptors (Lipinski definition) is 6. The molecule has 1 aliphatic rings. The van der Waals surface area contributed by atoms with Crippen molar-refractivity contribution in [2.75, 3.05) is 13.2 Å². The number of carboxylic acid groups (broad SMARTS) is 1. The van der Waals surface area contributed by atoms with E-state index in [1.165, 1.54) is 4.90 Å². The summed E-state index contributed by atoms with van der Waals surface area (Å²) in [5, 5.41) is 8.52. The molecule has 2 amide bonds. The predicted molar refractivity (Wildman–Crippen MR) is 106 cm³/mol. The van der Waals surface area contributed by atoms with Crippen LogP contribution in [0.25, 0.3) is 6.08 Å². The second-order valence-electron chi connectivity index (χ2n) is 5.75. The van der Waals surface area contributed by atoms with Crippen LogP contribution in [0.3, 0.4) is 0 Å². The van der Waals surface area contributed by atoms with E-state index in [1.54, 1.807) is 25.1 Å². The molecule has 1 atom stereocenters. The first kappa shape index (κ1) is 21.3. The molecule has 0 unspecified atom stereocenters. The van der Waals surface area contributed by atoms with Gasteiger partial charge in [0, 0.05) is 6.04 Å². The second-order valence-corrected chi connectivity index (χ2v) is 7.60. The van der Waals surface area contributed by atoms with E-state index >= 15 is 0 Å². The minimum absolute atomic E-state index is 0.166. The van der Waals surface area contributed by atoms with Crippen LogP contribution in [0.15, 0.2) is 21.5 Å². The maximum absolute atomic E-state index is 12.5. The van der Waals surface area contributed by atoms with Crippen molar-refractivity contribution in [1.82, 2.24) is 4.90 Å². The van der Waals surface area contributed by atoms with Crippen LogP contribution in [-0.4, -0.2) is 46.4 Å². The molecule has 1 saturated heterocycles. The van der Waals surface area contributed by atoms with Crippen LogP contribution in [0.1, 0.15) is 32.8 Å². The van der Waals surface area contributed by atoms with Crippen LogP contribution in [0.4, 0.5) is 4.79 Å². The first-order valence-electron chi connectivity index (χ1n) is 8.36. The van der Waals surface area contributed by atoms with E-state index in [-0.39, 0.29) is 22.9 Å². The molecule has 0 radical (unpaired) electrons. The maximum Gasteiger partial charge on any atom is 0.341 e. The molecule has 0 saturated carbocycles. The summed E-state index contributed by atoms with van der Waals surface area (Å²) in [5.74, 6) is -0.809. The Morgan fingerprint density at radius 3 is 2.63 bits per heavy atom. The molecule has 0 bridgehead atoms. The van der Waals surface area contributed by atoms with Crippen LogP contribution >= 0.6 is 27.7 Å². The van der Waals surface area contributed by atoms with Crippen molar-refractivity contribution in [2.24, 2.45) is 0 Å². The molecule has 1 N–H and O–H groups in total. The fourth-order valence-corrected chi connectivity index (χ4v) is 3.91. The maximum atomic E-state index is 12.5. The lowest BCUT2D eigenvalue weighted by molar-refractivity contribution is -0.139. The van der Waals surface area contributed by atoms with Crippen molar-refractivity contribution in [3.63, 3.8) is 0 Å². The van der Waals surface area contributed by atoms with Crippen molar-refractivity contribution in [3.8, 4) is 11.5 Å². The quantitative estimate of drug-likeness (QED) is 0.585. The molecule has 27 heavy (non-hydrogen) atoms. The van der Waals surface area contributed by atoms with Crippen LogP contribution < -0.4 is 9.47 Å². The number of amides is 2. The Kier molecular flexibility index (Phi) is 7.32. The summed E-state index contributed by atoms with van der Waals surface area (Å²) in [6.07, 6.45) is 2.29. The van der Waals surface area contributed by atoms with Crippen molar-refractivity contribution in [1.29, 1.82) is 0 Å². The summed E-state index contributed by atoms with van der Waals surface area (Å²) in [6, 6.07) is 3.15. The van der Waals surface area contributed by atoms with Crippen molar-refractivity contribution < 1.29 is 29.0 Å². The number of aliphatic carboxylic acids is 1. The summed E-state index contributed by atoms with van der Waals surface area (Å²) in [5.41, 5.74) is 0.627. The number of carbonyl (C=O) groups is 3. The average molecular weight is 458 g/mol. The smallest absolute Gasteiger partial charge is 0.341 e. The van der Waals surface area contributed by atoms with Crippen molar-refractivity contribution in [2.45, 2.75) is 33.2 Å². The summed E-state index contributed by atoms with van der Waals surface area (Å²) >= 11 is 4.24. The van der Waals surface area contributed by atoms with Gasteiger partial charge in [-0.3, -0.25) is 14.5 Å². The van der Waals surface area contributed by atoms with E-state index in [2.05, 4.69) is 15.9 Å². The first-order valence-corrected chi connectivity index (χ1v) is 9.97. The zero-order chi connectivity index (χ0) is 20.1. The van der Waals surface area contributed by atoms with Gasteiger partial charge in [0.2, 0.25) is 0 Å². The summed E-state index contributed by atoms with van der Waals surface area (Å²) < 4.78 is 11.3. The number of thioether (sulfide) groups is 1. The standard InChI is InChI=1S/C18H20BrNO6S/c1-4-10(3)20-17(23)14(27-18(20)24)8-11-6-12(19)16(26-9-15(21)22)13(7-11)25-5-2/h6-8,10H,4-5,9H2,1-3H3,(H,21,22)/b14-8+/t10-/m1/s1. The Bertz CT molecular complexity index is 794. The fourth-order valence-electron chi connectivity index (χ4n) is 2.40. The molecule has 146 valence electrons. The largest absolute Gasteiger partial charge is 0.490 e. The Labute approximate surface area is 169 Å². The van der Waals surface area contributed by atoms with E-state index in [0.29, 0.717) is 33.7 Å². The van der Waals surface area contributed by atoms with Gasteiger partial charge in [-0.2, -0.15) is 0 Å². The van der Waals surface area contributed by atoms with E-state index < -0.39 is 12.6 Å². The molecule has 1 aromatic carbocycles. The number of halogens is 1. The zero-order valence-corrected chi connectivity index (χ0v) is 17.6. The van der Waals surface area contributed by atoms with E-state index in [9.17, 15) is 14.4 Å². The lowest BCUT2D eigenvalue weighted by Crippen LogP contribution is -2.36. The molecule has 9 heteroatoms. The van der Waals surface area contributed by atoms with Crippen LogP contribution in [-0.2, 0) is 9.59 Å². The molecular formula is C18H20BrNO6S. The average Bonchev–Trinajstić information content (AvgIpc) is 2.87. The third-order valence-corrected chi connectivity index (χ3v) is 5.30. The molecule has 0 aliphatic carbocycles. The molecule has 1 aromatic rings. The highest BCUT2D eigenvalue weighted by atomic mass is 79.9. The van der Waals surface area contributed by atoms with E-state index in [0.717, 1.165) is 11.8 Å². The van der Waals surface area contributed by atoms with Gasteiger partial charge in [0.15, 0.2) is 18.1 Å². The van der Waals surface area contributed by atoms with Gasteiger partial charge in [0.1, 0.15) is 0 Å². The first-order chi connectivity index (χ1) is 12.8. The number of carbonyl (C=O) groups excluding carboxylic acids is 2. The van der Waals surface area contributed by atoms with Gasteiger partial charge in [-0.25, -0.2) is 4.79 Å². The van der Waals surface area contributed by atoms with Crippen LogP contribution in [0, 0.1) is 0 Å². The lowest BCUT2D eigenvalue weighted by atomic mass is 10.1. The van der Waals surface area contributed by atoms with Gasteiger partial charge < -0.3 is 14.6 Å². The number of benzene rings is 1. The molecule has 7 nitrogen and oxygen atoms in total. The number of imide groups is 1. The molecule has 0 spiro atoms. The molecule has 1 aliphatic heterocycles. The summed E-state index contributed by atoms with van der Waals surface area (Å²) in [7, 11) is 0. The lowest BCUT2D eigenvalue weighted by Gasteiger charge is -2.19. The normalized spacial score (nSPS) is 16.7. The van der Waals surface area contributed by atoms with Crippen LogP contribution in [0.2, 0.25) is 0 Å². The van der Waals surface area contributed by atoms with Gasteiger partial charge in [0.05, 0.1) is 16.0 Å². The second kappa shape index (κ2) is 9.27. The highest BCUT2D eigenvalue weighted by molar-refractivity contribution is 9.10. The van der Waals surface area contributed by atoms with Gasteiger partial charge >= 0.3 is 5.97 Å². The third-order valence-electron chi connectivity index (χ3n) is 3.82. The highest BCUT2D eigenvalue weighted by Crippen LogP contribution is 2.39. The zero-order valence-electron chi connectivity index (χ0n) is 15.2. The Morgan fingerprint density at radius 2 is 2.04 bits per heavy atom. The number of carboxylic acids is 1. The summed E-state index contributed by atoms with van der Waals surface area (Å²) in [6.45, 7) is 5.38. The van der Waals surface area contributed by atoms with Gasteiger partial charge in [-0.15, -0.1) is 0 Å². The number of rotatable bonds is 8. The van der Waals surface area contributed by atoms with Crippen LogP contribution in [0.5, 0.6) is 11.5 Å². The Hall–Kier alpha value is -2.00. The molecule has 1 fully saturated rings. The molecule has 2 rings (SSSR count). The Morgan fingerprint density at radius 1 is 1.33 bits per heavy atom. The van der Waals surface area contributed by atoms with Gasteiger partial charge in [-0.05, 0) is 71.7 Å². The van der Waals surface area contributed by atoms with Gasteiger partial charge in [0.25, 0.3) is 11.1 Å². The van der Waals surface area contributed by atoms with E-state index in [4.69, 9.17) is 14.6 Å². The number of ether oxygens (including phenoxy) is 2. The Balaban J connectivity index is 2.36. The topological polar surface area (TPSA) is 93.1 Å². The minimum atomic E-state index is -1.10. The van der Waals surface area contributed by atoms with E-state index in [1.807, 2.05) is 13.8 Å². The monoisotopic (exact) mass is 457 g/mol. The predicted octanol–water partition coefficient (Wildman–Crippen LogP) is 4.15. The number of nitrogens with zero attached hydrogens (tertiary/aromatic N) is 1.